The van der Waals surface area contributed by atoms with E-state index in [9.17, 15) is 5.11 Å². The van der Waals surface area contributed by atoms with Gasteiger partial charge in [-0.2, -0.15) is 4.98 Å². The lowest BCUT2D eigenvalue weighted by atomic mass is 10.0. The smallest absolute Gasteiger partial charge is 0.241 e. The second kappa shape index (κ2) is 5.13. The highest BCUT2D eigenvalue weighted by Crippen LogP contribution is 2.43. The molecule has 4 rings (SSSR count). The van der Waals surface area contributed by atoms with Gasteiger partial charge < -0.3 is 29.6 Å². The Labute approximate surface area is 133 Å². The van der Waals surface area contributed by atoms with Crippen LogP contribution in [0.1, 0.15) is 25.5 Å². The molecule has 8 heteroatoms. The van der Waals surface area contributed by atoms with Gasteiger partial charge in [-0.15, -0.1) is 0 Å². The van der Waals surface area contributed by atoms with Crippen LogP contribution < -0.4 is 10.1 Å². The molecule has 3 N–H and O–H groups in total. The second-order valence-electron chi connectivity index (χ2n) is 6.35. The fourth-order valence-electron chi connectivity index (χ4n) is 3.56. The predicted molar refractivity (Wildman–Crippen MR) is 81.0 cm³/mol. The first-order valence-corrected chi connectivity index (χ1v) is 7.62. The molecule has 2 saturated heterocycles. The van der Waals surface area contributed by atoms with Crippen molar-refractivity contribution in [1.82, 2.24) is 20.3 Å². The van der Waals surface area contributed by atoms with Gasteiger partial charge in [0.1, 0.15) is 29.6 Å². The lowest BCUT2D eigenvalue weighted by Gasteiger charge is -2.23. The number of hydrogen-bond donors (Lipinski definition) is 3. The maximum Gasteiger partial charge on any atom is 0.241 e. The van der Waals surface area contributed by atoms with E-state index in [1.165, 1.54) is 6.33 Å². The number of aromatic amines is 1. The van der Waals surface area contributed by atoms with Crippen LogP contribution in [0.3, 0.4) is 0 Å². The molecular weight excluding hydrogens is 300 g/mol. The van der Waals surface area contributed by atoms with Crippen molar-refractivity contribution in [3.05, 3.63) is 18.1 Å². The summed E-state index contributed by atoms with van der Waals surface area (Å²) in [6.07, 6.45) is 2.96. The molecule has 0 spiro atoms. The van der Waals surface area contributed by atoms with Crippen LogP contribution in [-0.2, 0) is 9.47 Å². The molecule has 0 radical (unpaired) electrons. The molecule has 0 saturated carbocycles. The van der Waals surface area contributed by atoms with Crippen molar-refractivity contribution < 1.29 is 19.3 Å². The number of hydrogen-bond acceptors (Lipinski definition) is 7. The molecule has 2 aliphatic rings. The minimum Gasteiger partial charge on any atom is -0.479 e. The number of nitrogens with zero attached hydrogens (tertiary/aromatic N) is 2. The van der Waals surface area contributed by atoms with E-state index in [-0.39, 0.29) is 30.9 Å². The van der Waals surface area contributed by atoms with Gasteiger partial charge in [0.15, 0.2) is 5.79 Å². The number of methoxy groups -OCH3 is 1. The summed E-state index contributed by atoms with van der Waals surface area (Å²) in [6, 6.07) is -0.312. The van der Waals surface area contributed by atoms with Crippen LogP contribution in [-0.4, -0.2) is 57.8 Å². The van der Waals surface area contributed by atoms with Crippen molar-refractivity contribution in [2.45, 2.75) is 43.9 Å². The zero-order valence-electron chi connectivity index (χ0n) is 13.2. The van der Waals surface area contributed by atoms with E-state index in [1.54, 1.807) is 7.11 Å². The van der Waals surface area contributed by atoms with Crippen LogP contribution in [0.25, 0.3) is 11.0 Å². The second-order valence-corrected chi connectivity index (χ2v) is 6.35. The SMILES string of the molecule is COc1ncnc2c([C@@H]3N[C@H](CO)[C@H]4OC(C)(C)O[C@H]43)c[nH]c12. The number of nitrogens with one attached hydrogen (secondary N) is 2. The molecule has 0 amide bonds. The van der Waals surface area contributed by atoms with Crippen LogP contribution in [0.5, 0.6) is 5.88 Å². The third kappa shape index (κ3) is 2.21. The summed E-state index contributed by atoms with van der Waals surface area (Å²) in [5.74, 6) is -0.166. The third-order valence-corrected chi connectivity index (χ3v) is 4.47. The number of H-pyrrole nitrogens is 1. The molecule has 4 atom stereocenters. The van der Waals surface area contributed by atoms with Gasteiger partial charge in [0.05, 0.1) is 25.8 Å². The zero-order chi connectivity index (χ0) is 16.2. The van der Waals surface area contributed by atoms with Crippen molar-refractivity contribution in [1.29, 1.82) is 0 Å². The maximum atomic E-state index is 9.64. The van der Waals surface area contributed by atoms with Crippen molar-refractivity contribution in [2.24, 2.45) is 0 Å². The Morgan fingerprint density at radius 3 is 2.83 bits per heavy atom. The summed E-state index contributed by atoms with van der Waals surface area (Å²) in [4.78, 5) is 11.6. The highest BCUT2D eigenvalue weighted by Gasteiger charge is 2.54. The normalized spacial score (nSPS) is 32.3. The lowest BCUT2D eigenvalue weighted by molar-refractivity contribution is -0.157. The molecule has 0 aromatic carbocycles. The van der Waals surface area contributed by atoms with Gasteiger partial charge in [-0.3, -0.25) is 0 Å². The first-order valence-electron chi connectivity index (χ1n) is 7.62. The minimum atomic E-state index is -0.665. The molecule has 23 heavy (non-hydrogen) atoms. The van der Waals surface area contributed by atoms with E-state index in [4.69, 9.17) is 14.2 Å². The summed E-state index contributed by atoms with van der Waals surface area (Å²) in [5.41, 5.74) is 2.47. The van der Waals surface area contributed by atoms with Gasteiger partial charge in [0, 0.05) is 11.8 Å². The van der Waals surface area contributed by atoms with Crippen LogP contribution in [0.15, 0.2) is 12.5 Å². The average molecular weight is 320 g/mol. The molecule has 2 aromatic heterocycles. The lowest BCUT2D eigenvalue weighted by Crippen LogP contribution is -2.38. The Kier molecular flexibility index (Phi) is 3.31. The van der Waals surface area contributed by atoms with E-state index in [2.05, 4.69) is 20.3 Å². The molecule has 0 aliphatic carbocycles. The van der Waals surface area contributed by atoms with E-state index in [0.29, 0.717) is 5.88 Å². The summed E-state index contributed by atoms with van der Waals surface area (Å²) < 4.78 is 17.3. The van der Waals surface area contributed by atoms with Crippen LogP contribution in [0.4, 0.5) is 0 Å². The van der Waals surface area contributed by atoms with Gasteiger partial charge >= 0.3 is 0 Å². The number of rotatable bonds is 3. The van der Waals surface area contributed by atoms with E-state index in [1.807, 2.05) is 20.0 Å². The maximum absolute atomic E-state index is 9.64. The Balaban J connectivity index is 1.76. The highest BCUT2D eigenvalue weighted by molar-refractivity contribution is 5.83. The summed E-state index contributed by atoms with van der Waals surface area (Å²) in [7, 11) is 1.57. The summed E-state index contributed by atoms with van der Waals surface area (Å²) in [6.45, 7) is 3.76. The molecule has 0 bridgehead atoms. The molecule has 8 nitrogen and oxygen atoms in total. The number of aliphatic hydroxyl groups excluding tert-OH is 1. The fourth-order valence-corrected chi connectivity index (χ4v) is 3.56. The first kappa shape index (κ1) is 14.8. The van der Waals surface area contributed by atoms with Gasteiger partial charge in [0.2, 0.25) is 5.88 Å². The Hall–Kier alpha value is -1.74. The highest BCUT2D eigenvalue weighted by atomic mass is 16.8. The van der Waals surface area contributed by atoms with Gasteiger partial charge in [-0.1, -0.05) is 0 Å². The minimum absolute atomic E-state index is 0.0161. The third-order valence-electron chi connectivity index (χ3n) is 4.47. The molecule has 2 fully saturated rings. The average Bonchev–Trinajstić information content (AvgIpc) is 3.17. The summed E-state index contributed by atoms with van der Waals surface area (Å²) in [5, 5.41) is 13.0. The van der Waals surface area contributed by atoms with Crippen molar-refractivity contribution in [2.75, 3.05) is 13.7 Å². The number of aromatic nitrogens is 3. The Bertz CT molecular complexity index is 731. The van der Waals surface area contributed by atoms with Crippen LogP contribution in [0.2, 0.25) is 0 Å². The number of aliphatic hydroxyl groups is 1. The number of ether oxygens (including phenoxy) is 3. The fraction of sp³-hybridized carbons (Fsp3) is 0.600. The molecule has 0 unspecified atom stereocenters. The Morgan fingerprint density at radius 1 is 1.30 bits per heavy atom. The topological polar surface area (TPSA) is 102 Å². The van der Waals surface area contributed by atoms with E-state index >= 15 is 0 Å². The number of fused-ring (bicyclic) bond motifs is 2. The molecule has 124 valence electrons. The summed E-state index contributed by atoms with van der Waals surface area (Å²) >= 11 is 0. The van der Waals surface area contributed by atoms with Crippen LogP contribution in [0, 0.1) is 0 Å². The van der Waals surface area contributed by atoms with Gasteiger partial charge in [-0.25, -0.2) is 4.98 Å². The predicted octanol–water partition coefficient (Wildman–Crippen LogP) is 0.492. The molecular formula is C15H20N4O4. The quantitative estimate of drug-likeness (QED) is 0.756. The van der Waals surface area contributed by atoms with Crippen molar-refractivity contribution in [3.8, 4) is 5.88 Å². The molecule has 2 aromatic rings. The van der Waals surface area contributed by atoms with Gasteiger partial charge in [-0.05, 0) is 13.8 Å². The van der Waals surface area contributed by atoms with Crippen molar-refractivity contribution >= 4 is 11.0 Å². The van der Waals surface area contributed by atoms with Gasteiger partial charge in [0.25, 0.3) is 0 Å². The first-order chi connectivity index (χ1) is 11.0. The van der Waals surface area contributed by atoms with E-state index < -0.39 is 5.79 Å². The van der Waals surface area contributed by atoms with Crippen molar-refractivity contribution in [3.63, 3.8) is 0 Å². The van der Waals surface area contributed by atoms with E-state index in [0.717, 1.165) is 16.6 Å². The zero-order valence-corrected chi connectivity index (χ0v) is 13.2. The monoisotopic (exact) mass is 320 g/mol. The Morgan fingerprint density at radius 2 is 2.09 bits per heavy atom. The largest absolute Gasteiger partial charge is 0.479 e. The molecule has 4 heterocycles. The standard InChI is InChI=1S/C15H20N4O4/c1-15(2)22-12-8(5-20)19-10(13(12)23-15)7-4-16-11-9(7)17-6-18-14(11)21-3/h4,6,8,10,12-13,16,19-20H,5H2,1-3H3/t8-,10+,12-,13+/m1/s1. The molecule has 2 aliphatic heterocycles. The van der Waals surface area contributed by atoms with Crippen LogP contribution >= 0.6 is 0 Å².